The van der Waals surface area contributed by atoms with E-state index in [-0.39, 0.29) is 5.56 Å². The quantitative estimate of drug-likeness (QED) is 0.813. The molecule has 0 aliphatic heterocycles. The highest BCUT2D eigenvalue weighted by atomic mass is 79.9. The van der Waals surface area contributed by atoms with Gasteiger partial charge in [0.05, 0.1) is 0 Å². The second-order valence-electron chi connectivity index (χ2n) is 4.13. The summed E-state index contributed by atoms with van der Waals surface area (Å²) >= 11 is 6.62. The van der Waals surface area contributed by atoms with Crippen LogP contribution in [0.5, 0.6) is 0 Å². The first-order chi connectivity index (χ1) is 9.49. The second-order valence-corrected chi connectivity index (χ2v) is 5.90. The molecule has 3 nitrogen and oxygen atoms in total. The van der Waals surface area contributed by atoms with E-state index in [2.05, 4.69) is 37.2 Å². The standard InChI is InChI=1S/C14H11Br2FN2O/c15-8-5-6-11(17)9(7-8)13(14(18)20)19-12-4-2-1-3-10(12)16/h1-7,13,19H,(H2,18,20). The number of primary amides is 1. The Morgan fingerprint density at radius 1 is 1.20 bits per heavy atom. The minimum absolute atomic E-state index is 0.197. The number of halogens is 3. The lowest BCUT2D eigenvalue weighted by molar-refractivity contribution is -0.118. The van der Waals surface area contributed by atoms with E-state index >= 15 is 0 Å². The van der Waals surface area contributed by atoms with Crippen molar-refractivity contribution in [1.82, 2.24) is 0 Å². The summed E-state index contributed by atoms with van der Waals surface area (Å²) in [6, 6.07) is 10.7. The molecule has 104 valence electrons. The number of amides is 1. The van der Waals surface area contributed by atoms with E-state index in [0.717, 1.165) is 4.47 Å². The number of nitrogens with two attached hydrogens (primary N) is 1. The minimum atomic E-state index is -0.953. The van der Waals surface area contributed by atoms with Gasteiger partial charge in [0.1, 0.15) is 11.9 Å². The number of para-hydroxylation sites is 1. The van der Waals surface area contributed by atoms with Gasteiger partial charge in [0.2, 0.25) is 5.91 Å². The molecule has 2 aromatic carbocycles. The van der Waals surface area contributed by atoms with E-state index in [0.29, 0.717) is 10.2 Å². The van der Waals surface area contributed by atoms with Crippen molar-refractivity contribution in [3.63, 3.8) is 0 Å². The maximum Gasteiger partial charge on any atom is 0.244 e. The van der Waals surface area contributed by atoms with Crippen LogP contribution in [0.1, 0.15) is 11.6 Å². The summed E-state index contributed by atoms with van der Waals surface area (Å²) in [5, 5.41) is 2.95. The number of nitrogens with one attached hydrogen (secondary N) is 1. The molecule has 0 saturated heterocycles. The van der Waals surface area contributed by atoms with E-state index in [1.807, 2.05) is 18.2 Å². The zero-order chi connectivity index (χ0) is 14.7. The van der Waals surface area contributed by atoms with Crippen LogP contribution in [0.15, 0.2) is 51.4 Å². The SMILES string of the molecule is NC(=O)C(Nc1ccccc1Br)c1cc(Br)ccc1F. The number of hydrogen-bond acceptors (Lipinski definition) is 2. The van der Waals surface area contributed by atoms with Gasteiger partial charge < -0.3 is 11.1 Å². The smallest absolute Gasteiger partial charge is 0.244 e. The molecular formula is C14H11Br2FN2O. The average Bonchev–Trinajstić information content (AvgIpc) is 2.40. The molecule has 1 atom stereocenters. The molecule has 0 aliphatic rings. The Labute approximate surface area is 132 Å². The van der Waals surface area contributed by atoms with Crippen molar-refractivity contribution in [1.29, 1.82) is 0 Å². The molecule has 20 heavy (non-hydrogen) atoms. The summed E-state index contributed by atoms with van der Waals surface area (Å²) in [5.41, 5.74) is 6.25. The zero-order valence-corrected chi connectivity index (χ0v) is 13.4. The van der Waals surface area contributed by atoms with E-state index < -0.39 is 17.8 Å². The fraction of sp³-hybridized carbons (Fsp3) is 0.0714. The highest BCUT2D eigenvalue weighted by molar-refractivity contribution is 9.10. The molecule has 0 spiro atoms. The van der Waals surface area contributed by atoms with Crippen molar-refractivity contribution in [2.75, 3.05) is 5.32 Å². The van der Waals surface area contributed by atoms with Crippen molar-refractivity contribution in [2.24, 2.45) is 5.73 Å². The van der Waals surface area contributed by atoms with E-state index in [1.54, 1.807) is 12.1 Å². The van der Waals surface area contributed by atoms with Crippen LogP contribution in [0.25, 0.3) is 0 Å². The van der Waals surface area contributed by atoms with E-state index in [9.17, 15) is 9.18 Å². The largest absolute Gasteiger partial charge is 0.369 e. The molecule has 0 fully saturated rings. The molecule has 1 amide bonds. The van der Waals surface area contributed by atoms with Crippen molar-refractivity contribution in [3.05, 3.63) is 62.8 Å². The molecule has 0 bridgehead atoms. The molecule has 2 aromatic rings. The Kier molecular flexibility index (Phi) is 4.77. The highest BCUT2D eigenvalue weighted by Gasteiger charge is 2.22. The van der Waals surface area contributed by atoms with Gasteiger partial charge in [-0.05, 0) is 46.3 Å². The van der Waals surface area contributed by atoms with Gasteiger partial charge in [-0.15, -0.1) is 0 Å². The number of anilines is 1. The fourth-order valence-electron chi connectivity index (χ4n) is 1.77. The van der Waals surface area contributed by atoms with Crippen LogP contribution in [0.2, 0.25) is 0 Å². The maximum absolute atomic E-state index is 13.9. The lowest BCUT2D eigenvalue weighted by atomic mass is 10.1. The minimum Gasteiger partial charge on any atom is -0.369 e. The summed E-state index contributed by atoms with van der Waals surface area (Å²) in [6.07, 6.45) is 0. The molecular weight excluding hydrogens is 391 g/mol. The first kappa shape index (κ1) is 15.0. The van der Waals surface area contributed by atoms with Crippen molar-refractivity contribution in [2.45, 2.75) is 6.04 Å². The average molecular weight is 402 g/mol. The topological polar surface area (TPSA) is 55.1 Å². The molecule has 0 aromatic heterocycles. The van der Waals surface area contributed by atoms with E-state index in [1.165, 1.54) is 12.1 Å². The summed E-state index contributed by atoms with van der Waals surface area (Å²) in [4.78, 5) is 11.6. The van der Waals surface area contributed by atoms with Crippen molar-refractivity contribution >= 4 is 43.5 Å². The fourth-order valence-corrected chi connectivity index (χ4v) is 2.55. The number of carbonyl (C=O) groups is 1. The second kappa shape index (κ2) is 6.37. The summed E-state index contributed by atoms with van der Waals surface area (Å²) in [7, 11) is 0. The third-order valence-electron chi connectivity index (χ3n) is 2.73. The first-order valence-corrected chi connectivity index (χ1v) is 7.33. The van der Waals surface area contributed by atoms with Gasteiger partial charge in [-0.2, -0.15) is 0 Å². The van der Waals surface area contributed by atoms with Gasteiger partial charge in [-0.3, -0.25) is 4.79 Å². The van der Waals surface area contributed by atoms with Gasteiger partial charge in [-0.1, -0.05) is 28.1 Å². The first-order valence-electron chi connectivity index (χ1n) is 5.74. The van der Waals surface area contributed by atoms with Crippen molar-refractivity contribution in [3.8, 4) is 0 Å². The number of hydrogen-bond donors (Lipinski definition) is 2. The lowest BCUT2D eigenvalue weighted by Crippen LogP contribution is -2.28. The monoisotopic (exact) mass is 400 g/mol. The molecule has 0 aliphatic carbocycles. The van der Waals surface area contributed by atoms with Crippen LogP contribution in [0.3, 0.4) is 0 Å². The van der Waals surface area contributed by atoms with Gasteiger partial charge >= 0.3 is 0 Å². The van der Waals surface area contributed by atoms with Crippen LogP contribution in [-0.4, -0.2) is 5.91 Å². The van der Waals surface area contributed by atoms with Crippen LogP contribution in [0.4, 0.5) is 10.1 Å². The van der Waals surface area contributed by atoms with Crippen LogP contribution >= 0.6 is 31.9 Å². The van der Waals surface area contributed by atoms with E-state index in [4.69, 9.17) is 5.73 Å². The van der Waals surface area contributed by atoms with Crippen LogP contribution < -0.4 is 11.1 Å². The number of carbonyl (C=O) groups excluding carboxylic acids is 1. The summed E-state index contributed by atoms with van der Waals surface area (Å²) in [6.45, 7) is 0. The molecule has 0 saturated carbocycles. The van der Waals surface area contributed by atoms with Gasteiger partial charge in [0.25, 0.3) is 0 Å². The molecule has 0 radical (unpaired) electrons. The van der Waals surface area contributed by atoms with Crippen LogP contribution in [0, 0.1) is 5.82 Å². The zero-order valence-electron chi connectivity index (χ0n) is 10.2. The third-order valence-corrected chi connectivity index (χ3v) is 3.91. The third kappa shape index (κ3) is 3.37. The Balaban J connectivity index is 2.40. The molecule has 2 rings (SSSR count). The van der Waals surface area contributed by atoms with Gasteiger partial charge in [-0.25, -0.2) is 4.39 Å². The number of benzene rings is 2. The molecule has 6 heteroatoms. The predicted molar refractivity (Wildman–Crippen MR) is 83.8 cm³/mol. The Morgan fingerprint density at radius 2 is 1.90 bits per heavy atom. The lowest BCUT2D eigenvalue weighted by Gasteiger charge is -2.19. The Morgan fingerprint density at radius 3 is 2.55 bits per heavy atom. The molecule has 0 heterocycles. The Bertz CT molecular complexity index is 649. The number of rotatable bonds is 4. The maximum atomic E-state index is 13.9. The van der Waals surface area contributed by atoms with Crippen molar-refractivity contribution < 1.29 is 9.18 Å². The highest BCUT2D eigenvalue weighted by Crippen LogP contribution is 2.28. The van der Waals surface area contributed by atoms with Gasteiger partial charge in [0.15, 0.2) is 0 Å². The molecule has 1 unspecified atom stereocenters. The Hall–Kier alpha value is -1.40. The molecule has 3 N–H and O–H groups in total. The normalized spacial score (nSPS) is 11.9. The summed E-state index contributed by atoms with van der Waals surface area (Å²) in [5.74, 6) is -1.14. The summed E-state index contributed by atoms with van der Waals surface area (Å²) < 4.78 is 15.3. The van der Waals surface area contributed by atoms with Gasteiger partial charge in [0, 0.05) is 20.2 Å². The van der Waals surface area contributed by atoms with Crippen LogP contribution in [-0.2, 0) is 4.79 Å². The predicted octanol–water partition coefficient (Wildman–Crippen LogP) is 3.99.